The average molecular weight is 425 g/mol. The molecule has 0 unspecified atom stereocenters. The van der Waals surface area contributed by atoms with Gasteiger partial charge in [-0.1, -0.05) is 35.9 Å². The van der Waals surface area contributed by atoms with Gasteiger partial charge in [-0.25, -0.2) is 9.78 Å². The van der Waals surface area contributed by atoms with Gasteiger partial charge in [0.15, 0.2) is 0 Å². The summed E-state index contributed by atoms with van der Waals surface area (Å²) in [5.41, 5.74) is 10.4. The van der Waals surface area contributed by atoms with Gasteiger partial charge in [0.25, 0.3) is 0 Å². The second-order valence-corrected chi connectivity index (χ2v) is 7.52. The molecule has 0 saturated heterocycles. The van der Waals surface area contributed by atoms with Crippen LogP contribution in [-0.4, -0.2) is 41.5 Å². The minimum atomic E-state index is -0.162. The lowest BCUT2D eigenvalue weighted by molar-refractivity contribution is 0.230. The van der Waals surface area contributed by atoms with E-state index < -0.39 is 0 Å². The van der Waals surface area contributed by atoms with Crippen molar-refractivity contribution in [2.75, 3.05) is 37.0 Å². The fourth-order valence-electron chi connectivity index (χ4n) is 2.95. The first kappa shape index (κ1) is 21.4. The monoisotopic (exact) mass is 424 g/mol. The van der Waals surface area contributed by atoms with Crippen LogP contribution in [-0.2, 0) is 6.42 Å². The van der Waals surface area contributed by atoms with E-state index in [9.17, 15) is 4.79 Å². The number of nitrogen functional groups attached to an aromatic ring is 1. The molecule has 3 rings (SSSR count). The molecule has 1 aromatic heterocycles. The summed E-state index contributed by atoms with van der Waals surface area (Å²) in [6.45, 7) is 2.60. The van der Waals surface area contributed by atoms with E-state index in [1.165, 1.54) is 4.90 Å². The third kappa shape index (κ3) is 5.39. The van der Waals surface area contributed by atoms with Gasteiger partial charge in [-0.05, 0) is 42.7 Å². The summed E-state index contributed by atoms with van der Waals surface area (Å²) < 4.78 is 0. The largest absolute Gasteiger partial charge is 0.370 e. The molecule has 0 bridgehead atoms. The standard InChI is InChI=1S/C22H25ClN6O/c1-14-17(8-5-9-18(14)23)19-13-20(28-21(24)27-19)25-11-10-15-6-4-7-16(12-15)26-22(30)29(2)3/h4-9,12-13H,10-11H2,1-3H3,(H,26,30)(H3,24,25,27,28). The minimum absolute atomic E-state index is 0.162. The van der Waals surface area contributed by atoms with Crippen molar-refractivity contribution in [1.82, 2.24) is 14.9 Å². The van der Waals surface area contributed by atoms with Crippen molar-refractivity contribution in [2.45, 2.75) is 13.3 Å². The van der Waals surface area contributed by atoms with Gasteiger partial charge in [0.2, 0.25) is 5.95 Å². The van der Waals surface area contributed by atoms with Crippen LogP contribution in [0.1, 0.15) is 11.1 Å². The van der Waals surface area contributed by atoms with Crippen LogP contribution in [0.5, 0.6) is 0 Å². The highest BCUT2D eigenvalue weighted by molar-refractivity contribution is 6.31. The van der Waals surface area contributed by atoms with E-state index >= 15 is 0 Å². The average Bonchev–Trinajstić information content (AvgIpc) is 2.70. The molecule has 4 N–H and O–H groups in total. The summed E-state index contributed by atoms with van der Waals surface area (Å²) in [4.78, 5) is 21.9. The van der Waals surface area contributed by atoms with Crippen LogP contribution < -0.4 is 16.4 Å². The van der Waals surface area contributed by atoms with E-state index in [0.29, 0.717) is 17.4 Å². The van der Waals surface area contributed by atoms with Crippen LogP contribution in [0.4, 0.5) is 22.2 Å². The Kier molecular flexibility index (Phi) is 6.74. The minimum Gasteiger partial charge on any atom is -0.370 e. The number of rotatable bonds is 6. The van der Waals surface area contributed by atoms with Crippen LogP contribution in [0.15, 0.2) is 48.5 Å². The summed E-state index contributed by atoms with van der Waals surface area (Å²) >= 11 is 6.24. The lowest BCUT2D eigenvalue weighted by Gasteiger charge is -2.13. The zero-order valence-corrected chi connectivity index (χ0v) is 18.0. The molecule has 0 aliphatic heterocycles. The number of anilines is 3. The second-order valence-electron chi connectivity index (χ2n) is 7.11. The lowest BCUT2D eigenvalue weighted by atomic mass is 10.1. The number of carbonyl (C=O) groups excluding carboxylic acids is 1. The smallest absolute Gasteiger partial charge is 0.321 e. The van der Waals surface area contributed by atoms with Crippen molar-refractivity contribution in [3.63, 3.8) is 0 Å². The summed E-state index contributed by atoms with van der Waals surface area (Å²) in [7, 11) is 3.41. The molecule has 0 saturated carbocycles. The normalized spacial score (nSPS) is 10.5. The number of carbonyl (C=O) groups is 1. The van der Waals surface area contributed by atoms with Gasteiger partial charge in [-0.3, -0.25) is 0 Å². The Labute approximate surface area is 181 Å². The second kappa shape index (κ2) is 9.45. The molecule has 30 heavy (non-hydrogen) atoms. The Bertz CT molecular complexity index is 1050. The Hall–Kier alpha value is -3.32. The first-order valence-corrected chi connectivity index (χ1v) is 9.92. The topological polar surface area (TPSA) is 96.2 Å². The molecule has 2 aromatic carbocycles. The number of nitrogens with zero attached hydrogens (tertiary/aromatic N) is 3. The number of nitrogens with one attached hydrogen (secondary N) is 2. The molecular formula is C22H25ClN6O. The first-order chi connectivity index (χ1) is 14.3. The van der Waals surface area contributed by atoms with E-state index in [4.69, 9.17) is 17.3 Å². The van der Waals surface area contributed by atoms with Crippen LogP contribution >= 0.6 is 11.6 Å². The zero-order chi connectivity index (χ0) is 21.7. The van der Waals surface area contributed by atoms with Crippen molar-refractivity contribution < 1.29 is 4.79 Å². The van der Waals surface area contributed by atoms with Crippen molar-refractivity contribution >= 4 is 35.1 Å². The van der Waals surface area contributed by atoms with Crippen molar-refractivity contribution in [1.29, 1.82) is 0 Å². The SMILES string of the molecule is Cc1c(Cl)cccc1-c1cc(NCCc2cccc(NC(=O)N(C)C)c2)nc(N)n1. The van der Waals surface area contributed by atoms with Crippen molar-refractivity contribution in [3.8, 4) is 11.3 Å². The molecule has 8 heteroatoms. The van der Waals surface area contributed by atoms with Gasteiger partial charge in [-0.2, -0.15) is 4.98 Å². The highest BCUT2D eigenvalue weighted by Gasteiger charge is 2.10. The van der Waals surface area contributed by atoms with Gasteiger partial charge < -0.3 is 21.3 Å². The lowest BCUT2D eigenvalue weighted by Crippen LogP contribution is -2.27. The number of hydrogen-bond acceptors (Lipinski definition) is 5. The predicted molar refractivity (Wildman–Crippen MR) is 123 cm³/mol. The third-order valence-corrected chi connectivity index (χ3v) is 5.00. The molecule has 3 aromatic rings. The highest BCUT2D eigenvalue weighted by Crippen LogP contribution is 2.28. The fraction of sp³-hybridized carbons (Fsp3) is 0.227. The number of urea groups is 1. The van der Waals surface area contributed by atoms with Gasteiger partial charge in [0.1, 0.15) is 5.82 Å². The number of hydrogen-bond donors (Lipinski definition) is 3. The maximum absolute atomic E-state index is 11.8. The Morgan fingerprint density at radius 1 is 1.13 bits per heavy atom. The van der Waals surface area contributed by atoms with E-state index in [0.717, 1.165) is 34.5 Å². The van der Waals surface area contributed by atoms with Crippen LogP contribution in [0, 0.1) is 6.92 Å². The third-order valence-electron chi connectivity index (χ3n) is 4.59. The molecular weight excluding hydrogens is 400 g/mol. The van der Waals surface area contributed by atoms with Gasteiger partial charge in [-0.15, -0.1) is 0 Å². The first-order valence-electron chi connectivity index (χ1n) is 9.54. The predicted octanol–water partition coefficient (Wildman–Crippen LogP) is 4.44. The number of halogens is 1. The molecule has 0 spiro atoms. The van der Waals surface area contributed by atoms with Gasteiger partial charge >= 0.3 is 6.03 Å². The van der Waals surface area contributed by atoms with Gasteiger partial charge in [0, 0.05) is 43.0 Å². The molecule has 0 radical (unpaired) electrons. The number of aromatic nitrogens is 2. The molecule has 2 amide bonds. The summed E-state index contributed by atoms with van der Waals surface area (Å²) in [5, 5.41) is 6.83. The Balaban J connectivity index is 1.68. The van der Waals surface area contributed by atoms with Crippen molar-refractivity contribution in [2.24, 2.45) is 0 Å². The van der Waals surface area contributed by atoms with Crippen molar-refractivity contribution in [3.05, 3.63) is 64.7 Å². The van der Waals surface area contributed by atoms with Crippen LogP contribution in [0.3, 0.4) is 0 Å². The van der Waals surface area contributed by atoms with E-state index in [1.807, 2.05) is 55.5 Å². The highest BCUT2D eigenvalue weighted by atomic mass is 35.5. The Morgan fingerprint density at radius 2 is 1.90 bits per heavy atom. The Morgan fingerprint density at radius 3 is 2.67 bits per heavy atom. The summed E-state index contributed by atoms with van der Waals surface area (Å²) in [6, 6.07) is 15.2. The van der Waals surface area contributed by atoms with E-state index in [-0.39, 0.29) is 12.0 Å². The van der Waals surface area contributed by atoms with Crippen LogP contribution in [0.25, 0.3) is 11.3 Å². The molecule has 7 nitrogen and oxygen atoms in total. The molecule has 0 fully saturated rings. The maximum Gasteiger partial charge on any atom is 0.321 e. The van der Waals surface area contributed by atoms with E-state index in [1.54, 1.807) is 14.1 Å². The molecule has 156 valence electrons. The zero-order valence-electron chi connectivity index (χ0n) is 17.2. The summed E-state index contributed by atoms with van der Waals surface area (Å²) in [6.07, 6.45) is 0.751. The van der Waals surface area contributed by atoms with Crippen LogP contribution in [0.2, 0.25) is 5.02 Å². The fourth-order valence-corrected chi connectivity index (χ4v) is 3.13. The molecule has 0 aliphatic carbocycles. The van der Waals surface area contributed by atoms with E-state index in [2.05, 4.69) is 20.6 Å². The molecule has 0 atom stereocenters. The number of amides is 2. The summed E-state index contributed by atoms with van der Waals surface area (Å²) in [5.74, 6) is 0.844. The number of nitrogens with two attached hydrogens (primary N) is 1. The number of benzene rings is 2. The van der Waals surface area contributed by atoms with Gasteiger partial charge in [0.05, 0.1) is 5.69 Å². The molecule has 0 aliphatic rings. The molecule has 1 heterocycles. The quantitative estimate of drug-likeness (QED) is 0.543. The maximum atomic E-state index is 11.8.